The van der Waals surface area contributed by atoms with Gasteiger partial charge < -0.3 is 34.6 Å². The molecule has 1 heterocycles. The van der Waals surface area contributed by atoms with Crippen LogP contribution >= 0.6 is 0 Å². The van der Waals surface area contributed by atoms with E-state index in [9.17, 15) is 24.0 Å². The highest BCUT2D eigenvalue weighted by molar-refractivity contribution is 5.99. The van der Waals surface area contributed by atoms with Crippen LogP contribution in [-0.2, 0) is 41.7 Å². The summed E-state index contributed by atoms with van der Waals surface area (Å²) in [4.78, 5) is 63.6. The number of fused-ring (bicyclic) bond motifs is 1. The summed E-state index contributed by atoms with van der Waals surface area (Å²) in [5.74, 6) is -1.30. The number of carbonyl (C=O) groups is 5. The number of ether oxygens (including phenoxy) is 3. The van der Waals surface area contributed by atoms with Gasteiger partial charge in [0.15, 0.2) is 0 Å². The first-order valence-electron chi connectivity index (χ1n) is 13.5. The minimum atomic E-state index is -1.25. The third-order valence-corrected chi connectivity index (χ3v) is 6.28. The standard InChI is InChI=1S/C30H38N4O8/c1-19(40-14-13-34(18-35)24-11-12-25-22(15-24)17-33(6)28(25)38)26(41-20(2)36)27(37)32-23-9-7-21(8-10-23)16-31-29(39)42-30(3,4)5/h7-12,15,18-19,26H,13-14,16-17H2,1-6H3,(H,31,39)(H,32,37). The smallest absolute Gasteiger partial charge is 0.407 e. The molecule has 1 aliphatic heterocycles. The quantitative estimate of drug-likeness (QED) is 0.287. The van der Waals surface area contributed by atoms with E-state index in [1.54, 1.807) is 82.1 Å². The van der Waals surface area contributed by atoms with Crippen LogP contribution in [0.15, 0.2) is 42.5 Å². The number of rotatable bonds is 12. The SMILES string of the molecule is CC(=O)OC(C(=O)Nc1ccc(CNC(=O)OC(C)(C)C)cc1)C(C)OCCN(C=O)c1ccc2c(c1)CN(C)C2=O. The van der Waals surface area contributed by atoms with Gasteiger partial charge in [0, 0.05) is 50.5 Å². The predicted molar refractivity (Wildman–Crippen MR) is 155 cm³/mol. The van der Waals surface area contributed by atoms with E-state index >= 15 is 0 Å². The molecule has 0 radical (unpaired) electrons. The number of hydrogen-bond acceptors (Lipinski definition) is 8. The van der Waals surface area contributed by atoms with Crippen molar-refractivity contribution < 1.29 is 38.2 Å². The van der Waals surface area contributed by atoms with Crippen LogP contribution in [-0.4, -0.2) is 73.2 Å². The fourth-order valence-corrected chi connectivity index (χ4v) is 4.25. The van der Waals surface area contributed by atoms with Crippen molar-refractivity contribution in [1.82, 2.24) is 10.2 Å². The van der Waals surface area contributed by atoms with E-state index in [-0.39, 0.29) is 25.6 Å². The van der Waals surface area contributed by atoms with E-state index in [4.69, 9.17) is 14.2 Å². The number of anilines is 2. The van der Waals surface area contributed by atoms with Gasteiger partial charge in [-0.3, -0.25) is 19.2 Å². The van der Waals surface area contributed by atoms with Crippen molar-refractivity contribution >= 4 is 41.7 Å². The number of amides is 4. The maximum Gasteiger partial charge on any atom is 0.407 e. The van der Waals surface area contributed by atoms with E-state index in [0.717, 1.165) is 11.1 Å². The van der Waals surface area contributed by atoms with Crippen molar-refractivity contribution in [2.45, 2.75) is 65.5 Å². The van der Waals surface area contributed by atoms with Crippen molar-refractivity contribution in [2.24, 2.45) is 0 Å². The van der Waals surface area contributed by atoms with E-state index in [1.165, 1.54) is 11.8 Å². The summed E-state index contributed by atoms with van der Waals surface area (Å²) in [5.41, 5.74) is 2.70. The van der Waals surface area contributed by atoms with Crippen molar-refractivity contribution in [3.8, 4) is 0 Å². The van der Waals surface area contributed by atoms with Gasteiger partial charge in [-0.25, -0.2) is 4.79 Å². The van der Waals surface area contributed by atoms with Gasteiger partial charge in [0.1, 0.15) is 11.7 Å². The Hall–Kier alpha value is -4.45. The first kappa shape index (κ1) is 32.1. The van der Waals surface area contributed by atoms with Gasteiger partial charge in [-0.2, -0.15) is 0 Å². The second-order valence-corrected chi connectivity index (χ2v) is 10.9. The molecule has 2 aromatic rings. The molecule has 4 amide bonds. The summed E-state index contributed by atoms with van der Waals surface area (Å²) in [6.07, 6.45) is -1.95. The second-order valence-electron chi connectivity index (χ2n) is 10.9. The molecule has 0 saturated carbocycles. The zero-order valence-corrected chi connectivity index (χ0v) is 24.8. The van der Waals surface area contributed by atoms with Crippen molar-refractivity contribution in [2.75, 3.05) is 30.4 Å². The van der Waals surface area contributed by atoms with E-state index in [0.29, 0.717) is 29.9 Å². The topological polar surface area (TPSA) is 144 Å². The average Bonchev–Trinajstić information content (AvgIpc) is 3.20. The van der Waals surface area contributed by atoms with Crippen LogP contribution in [0, 0.1) is 0 Å². The number of benzene rings is 2. The molecule has 2 N–H and O–H groups in total. The molecule has 0 spiro atoms. The largest absolute Gasteiger partial charge is 0.450 e. The monoisotopic (exact) mass is 582 g/mol. The lowest BCUT2D eigenvalue weighted by Crippen LogP contribution is -2.42. The molecule has 0 fully saturated rings. The van der Waals surface area contributed by atoms with Gasteiger partial charge >= 0.3 is 12.1 Å². The van der Waals surface area contributed by atoms with Gasteiger partial charge in [-0.15, -0.1) is 0 Å². The molecule has 0 saturated heterocycles. The molecular formula is C30H38N4O8. The number of alkyl carbamates (subject to hydrolysis) is 1. The number of nitrogens with one attached hydrogen (secondary N) is 2. The van der Waals surface area contributed by atoms with Crippen LogP contribution in [0.25, 0.3) is 0 Å². The molecule has 1 aliphatic rings. The predicted octanol–water partition coefficient (Wildman–Crippen LogP) is 3.24. The van der Waals surface area contributed by atoms with Crippen LogP contribution in [0.5, 0.6) is 0 Å². The summed E-state index contributed by atoms with van der Waals surface area (Å²) >= 11 is 0. The zero-order valence-electron chi connectivity index (χ0n) is 24.8. The molecule has 12 heteroatoms. The lowest BCUT2D eigenvalue weighted by molar-refractivity contribution is -0.160. The third kappa shape index (κ3) is 9.03. The summed E-state index contributed by atoms with van der Waals surface area (Å²) < 4.78 is 16.3. The summed E-state index contributed by atoms with van der Waals surface area (Å²) in [5, 5.41) is 5.38. The molecule has 0 aliphatic carbocycles. The lowest BCUT2D eigenvalue weighted by Gasteiger charge is -2.25. The van der Waals surface area contributed by atoms with Gasteiger partial charge in [0.05, 0.1) is 6.61 Å². The maximum absolute atomic E-state index is 13.0. The van der Waals surface area contributed by atoms with E-state index in [2.05, 4.69) is 10.6 Å². The van der Waals surface area contributed by atoms with Gasteiger partial charge in [-0.1, -0.05) is 12.1 Å². The Morgan fingerprint density at radius 1 is 1.12 bits per heavy atom. The van der Waals surface area contributed by atoms with Gasteiger partial charge in [-0.05, 0) is 69.2 Å². The van der Waals surface area contributed by atoms with Crippen LogP contribution in [0.1, 0.15) is 56.1 Å². The number of esters is 1. The van der Waals surface area contributed by atoms with Gasteiger partial charge in [0.2, 0.25) is 12.5 Å². The highest BCUT2D eigenvalue weighted by Gasteiger charge is 2.30. The lowest BCUT2D eigenvalue weighted by atomic mass is 10.1. The first-order valence-corrected chi connectivity index (χ1v) is 13.5. The number of carbonyl (C=O) groups excluding carboxylic acids is 5. The average molecular weight is 583 g/mol. The first-order chi connectivity index (χ1) is 19.8. The molecule has 0 aromatic heterocycles. The molecule has 2 atom stereocenters. The van der Waals surface area contributed by atoms with Crippen LogP contribution in [0.2, 0.25) is 0 Å². The molecule has 12 nitrogen and oxygen atoms in total. The Bertz CT molecular complexity index is 1310. The Morgan fingerprint density at radius 3 is 2.43 bits per heavy atom. The molecule has 0 bridgehead atoms. The molecule has 2 unspecified atom stereocenters. The van der Waals surface area contributed by atoms with E-state index in [1.807, 2.05) is 0 Å². The highest BCUT2D eigenvalue weighted by atomic mass is 16.6. The van der Waals surface area contributed by atoms with Crippen molar-refractivity contribution in [3.63, 3.8) is 0 Å². The molecule has 226 valence electrons. The van der Waals surface area contributed by atoms with Crippen LogP contribution in [0.4, 0.5) is 16.2 Å². The second kappa shape index (κ2) is 13.9. The summed E-state index contributed by atoms with van der Waals surface area (Å²) in [6.45, 7) is 9.05. The Labute approximate surface area is 245 Å². The Kier molecular flexibility index (Phi) is 10.6. The van der Waals surface area contributed by atoms with Crippen LogP contribution < -0.4 is 15.5 Å². The summed E-state index contributed by atoms with van der Waals surface area (Å²) in [7, 11) is 1.71. The number of hydrogen-bond donors (Lipinski definition) is 2. The van der Waals surface area contributed by atoms with Gasteiger partial charge in [0.25, 0.3) is 11.8 Å². The fourth-order valence-electron chi connectivity index (χ4n) is 4.25. The summed E-state index contributed by atoms with van der Waals surface area (Å²) in [6, 6.07) is 12.0. The molecule has 42 heavy (non-hydrogen) atoms. The highest BCUT2D eigenvalue weighted by Crippen LogP contribution is 2.26. The number of nitrogens with zero attached hydrogens (tertiary/aromatic N) is 2. The van der Waals surface area contributed by atoms with Crippen molar-refractivity contribution in [3.05, 3.63) is 59.2 Å². The Morgan fingerprint density at radius 2 is 1.81 bits per heavy atom. The minimum absolute atomic E-state index is 0.0558. The maximum atomic E-state index is 13.0. The normalized spacial score (nSPS) is 14.0. The van der Waals surface area contributed by atoms with Crippen molar-refractivity contribution in [1.29, 1.82) is 0 Å². The molecular weight excluding hydrogens is 544 g/mol. The zero-order chi connectivity index (χ0) is 31.0. The molecule has 3 rings (SSSR count). The molecule has 2 aromatic carbocycles. The van der Waals surface area contributed by atoms with E-state index < -0.39 is 35.8 Å². The Balaban J connectivity index is 1.55. The van der Waals surface area contributed by atoms with Crippen LogP contribution in [0.3, 0.4) is 0 Å². The third-order valence-electron chi connectivity index (χ3n) is 6.28. The minimum Gasteiger partial charge on any atom is -0.450 e. The fraction of sp³-hybridized carbons (Fsp3) is 0.433.